The summed E-state index contributed by atoms with van der Waals surface area (Å²) in [4.78, 5) is 2.15. The van der Waals surface area contributed by atoms with E-state index < -0.39 is 0 Å². The van der Waals surface area contributed by atoms with E-state index in [2.05, 4.69) is 11.0 Å². The summed E-state index contributed by atoms with van der Waals surface area (Å²) in [5.74, 6) is 0. The Kier molecular flexibility index (Phi) is 3.12. The average molecular weight is 216 g/mol. The van der Waals surface area contributed by atoms with Gasteiger partial charge in [0.05, 0.1) is 23.9 Å². The van der Waals surface area contributed by atoms with E-state index in [1.54, 1.807) is 0 Å². The van der Waals surface area contributed by atoms with E-state index in [4.69, 9.17) is 5.26 Å². The second kappa shape index (κ2) is 4.54. The fourth-order valence-electron chi connectivity index (χ4n) is 2.33. The Bertz CT molecular complexity index is 422. The van der Waals surface area contributed by atoms with Crippen molar-refractivity contribution in [3.8, 4) is 6.07 Å². The van der Waals surface area contributed by atoms with Crippen LogP contribution in [-0.4, -0.2) is 24.3 Å². The highest BCUT2D eigenvalue weighted by Crippen LogP contribution is 2.28. The van der Waals surface area contributed by atoms with Crippen molar-refractivity contribution in [2.24, 2.45) is 0 Å². The van der Waals surface area contributed by atoms with E-state index in [-0.39, 0.29) is 12.6 Å². The molecule has 84 valence electrons. The molecule has 1 fully saturated rings. The Labute approximate surface area is 95.9 Å². The maximum Gasteiger partial charge on any atom is 0.101 e. The Morgan fingerprint density at radius 3 is 3.06 bits per heavy atom. The summed E-state index contributed by atoms with van der Waals surface area (Å²) in [5.41, 5.74) is 2.77. The number of nitriles is 1. The Hall–Kier alpha value is -1.53. The van der Waals surface area contributed by atoms with E-state index in [0.717, 1.165) is 30.6 Å². The highest BCUT2D eigenvalue weighted by atomic mass is 16.3. The fourth-order valence-corrected chi connectivity index (χ4v) is 2.33. The standard InChI is InChI=1S/C13H16N2O/c1-10-4-5-13(11(7-10)8-14)15-6-2-3-12(15)9-16/h4-5,7,12,16H,2-3,6,9H2,1H3. The minimum absolute atomic E-state index is 0.165. The van der Waals surface area contributed by atoms with Gasteiger partial charge in [0.1, 0.15) is 6.07 Å². The molecule has 0 saturated carbocycles. The predicted octanol–water partition coefficient (Wildman–Crippen LogP) is 1.83. The third kappa shape index (κ3) is 1.89. The summed E-state index contributed by atoms with van der Waals surface area (Å²) in [6.45, 7) is 3.08. The largest absolute Gasteiger partial charge is 0.394 e. The predicted molar refractivity (Wildman–Crippen MR) is 63.3 cm³/mol. The van der Waals surface area contributed by atoms with Crippen LogP contribution < -0.4 is 4.90 Å². The molecule has 1 heterocycles. The number of aliphatic hydroxyl groups is 1. The molecule has 1 saturated heterocycles. The monoisotopic (exact) mass is 216 g/mol. The maximum atomic E-state index is 9.29. The SMILES string of the molecule is Cc1ccc(N2CCCC2CO)c(C#N)c1. The Morgan fingerprint density at radius 1 is 1.56 bits per heavy atom. The number of benzene rings is 1. The van der Waals surface area contributed by atoms with E-state index in [1.165, 1.54) is 0 Å². The van der Waals surface area contributed by atoms with Gasteiger partial charge in [0, 0.05) is 6.54 Å². The van der Waals surface area contributed by atoms with Crippen molar-refractivity contribution in [2.45, 2.75) is 25.8 Å². The zero-order valence-electron chi connectivity index (χ0n) is 9.48. The molecular formula is C13H16N2O. The molecule has 1 aromatic carbocycles. The maximum absolute atomic E-state index is 9.29. The van der Waals surface area contributed by atoms with Crippen LogP contribution >= 0.6 is 0 Å². The smallest absolute Gasteiger partial charge is 0.101 e. The van der Waals surface area contributed by atoms with Gasteiger partial charge in [-0.15, -0.1) is 0 Å². The Balaban J connectivity index is 2.36. The van der Waals surface area contributed by atoms with Crippen LogP contribution in [0.1, 0.15) is 24.0 Å². The van der Waals surface area contributed by atoms with Crippen LogP contribution in [0, 0.1) is 18.3 Å². The molecule has 1 unspecified atom stereocenters. The second-order valence-electron chi connectivity index (χ2n) is 4.30. The summed E-state index contributed by atoms with van der Waals surface area (Å²) in [5, 5.41) is 18.4. The average Bonchev–Trinajstić information content (AvgIpc) is 2.76. The summed E-state index contributed by atoms with van der Waals surface area (Å²) in [6.07, 6.45) is 2.10. The number of aryl methyl sites for hydroxylation is 1. The van der Waals surface area contributed by atoms with Gasteiger partial charge in [0.2, 0.25) is 0 Å². The van der Waals surface area contributed by atoms with Crippen LogP contribution in [-0.2, 0) is 0 Å². The topological polar surface area (TPSA) is 47.3 Å². The van der Waals surface area contributed by atoms with Gasteiger partial charge < -0.3 is 10.0 Å². The molecule has 1 N–H and O–H groups in total. The number of nitrogens with zero attached hydrogens (tertiary/aromatic N) is 2. The van der Waals surface area contributed by atoms with Gasteiger partial charge in [0.25, 0.3) is 0 Å². The third-order valence-corrected chi connectivity index (χ3v) is 3.17. The molecule has 1 aliphatic heterocycles. The molecular weight excluding hydrogens is 200 g/mol. The molecule has 16 heavy (non-hydrogen) atoms. The highest BCUT2D eigenvalue weighted by Gasteiger charge is 2.25. The van der Waals surface area contributed by atoms with E-state index in [0.29, 0.717) is 5.56 Å². The first-order valence-corrected chi connectivity index (χ1v) is 5.64. The molecule has 0 bridgehead atoms. The molecule has 1 aliphatic rings. The van der Waals surface area contributed by atoms with Crippen molar-refractivity contribution >= 4 is 5.69 Å². The molecule has 0 aliphatic carbocycles. The summed E-state index contributed by atoms with van der Waals surface area (Å²) < 4.78 is 0. The summed E-state index contributed by atoms with van der Waals surface area (Å²) in [6, 6.07) is 8.32. The fraction of sp³-hybridized carbons (Fsp3) is 0.462. The van der Waals surface area contributed by atoms with Gasteiger partial charge in [-0.1, -0.05) is 6.07 Å². The first-order chi connectivity index (χ1) is 7.76. The zero-order valence-corrected chi connectivity index (χ0v) is 9.48. The number of anilines is 1. The van der Waals surface area contributed by atoms with Gasteiger partial charge in [-0.2, -0.15) is 5.26 Å². The van der Waals surface area contributed by atoms with E-state index in [9.17, 15) is 5.11 Å². The second-order valence-corrected chi connectivity index (χ2v) is 4.30. The lowest BCUT2D eigenvalue weighted by atomic mass is 10.1. The van der Waals surface area contributed by atoms with Crippen LogP contribution in [0.2, 0.25) is 0 Å². The minimum Gasteiger partial charge on any atom is -0.394 e. The number of aliphatic hydroxyl groups excluding tert-OH is 1. The van der Waals surface area contributed by atoms with Crippen molar-refractivity contribution in [3.63, 3.8) is 0 Å². The van der Waals surface area contributed by atoms with Gasteiger partial charge in [-0.05, 0) is 37.5 Å². The lowest BCUT2D eigenvalue weighted by molar-refractivity contribution is 0.266. The number of rotatable bonds is 2. The van der Waals surface area contributed by atoms with Crippen LogP contribution in [0.5, 0.6) is 0 Å². The molecule has 0 amide bonds. The third-order valence-electron chi connectivity index (χ3n) is 3.17. The first kappa shape index (κ1) is 11.0. The van der Waals surface area contributed by atoms with E-state index >= 15 is 0 Å². The molecule has 0 spiro atoms. The molecule has 0 radical (unpaired) electrons. The zero-order chi connectivity index (χ0) is 11.5. The first-order valence-electron chi connectivity index (χ1n) is 5.64. The van der Waals surface area contributed by atoms with Crippen molar-refractivity contribution in [2.75, 3.05) is 18.1 Å². The molecule has 1 aromatic rings. The van der Waals surface area contributed by atoms with Crippen molar-refractivity contribution in [1.29, 1.82) is 5.26 Å². The lowest BCUT2D eigenvalue weighted by Crippen LogP contribution is -2.32. The molecule has 0 aromatic heterocycles. The van der Waals surface area contributed by atoms with Gasteiger partial charge in [-0.3, -0.25) is 0 Å². The van der Waals surface area contributed by atoms with Gasteiger partial charge in [0.15, 0.2) is 0 Å². The van der Waals surface area contributed by atoms with Crippen molar-refractivity contribution in [3.05, 3.63) is 29.3 Å². The molecule has 3 heteroatoms. The van der Waals surface area contributed by atoms with Crippen molar-refractivity contribution in [1.82, 2.24) is 0 Å². The minimum atomic E-state index is 0.165. The summed E-state index contributed by atoms with van der Waals surface area (Å²) in [7, 11) is 0. The molecule has 1 atom stereocenters. The number of hydrogen-bond donors (Lipinski definition) is 1. The molecule has 2 rings (SSSR count). The highest BCUT2D eigenvalue weighted by molar-refractivity contribution is 5.61. The number of hydrogen-bond acceptors (Lipinski definition) is 3. The van der Waals surface area contributed by atoms with Crippen LogP contribution in [0.3, 0.4) is 0 Å². The summed E-state index contributed by atoms with van der Waals surface area (Å²) >= 11 is 0. The van der Waals surface area contributed by atoms with Crippen LogP contribution in [0.4, 0.5) is 5.69 Å². The van der Waals surface area contributed by atoms with Crippen molar-refractivity contribution < 1.29 is 5.11 Å². The van der Waals surface area contributed by atoms with Gasteiger partial charge in [-0.25, -0.2) is 0 Å². The normalized spacial score (nSPS) is 19.8. The van der Waals surface area contributed by atoms with E-state index in [1.807, 2.05) is 25.1 Å². The van der Waals surface area contributed by atoms with Crippen LogP contribution in [0.15, 0.2) is 18.2 Å². The lowest BCUT2D eigenvalue weighted by Gasteiger charge is -2.26. The Morgan fingerprint density at radius 2 is 2.38 bits per heavy atom. The van der Waals surface area contributed by atoms with Crippen LogP contribution in [0.25, 0.3) is 0 Å². The van der Waals surface area contributed by atoms with Gasteiger partial charge >= 0.3 is 0 Å². The molecule has 3 nitrogen and oxygen atoms in total. The quantitative estimate of drug-likeness (QED) is 0.820.